The van der Waals surface area contributed by atoms with Crippen molar-refractivity contribution in [2.75, 3.05) is 37.6 Å². The van der Waals surface area contributed by atoms with Crippen LogP contribution >= 0.6 is 0 Å². The number of aryl methyl sites for hydroxylation is 1. The Morgan fingerprint density at radius 2 is 2.10 bits per heavy atom. The van der Waals surface area contributed by atoms with Crippen LogP contribution in [0.25, 0.3) is 0 Å². The number of anilines is 1. The maximum atomic E-state index is 10.2. The molecule has 0 spiro atoms. The molecule has 21 heavy (non-hydrogen) atoms. The summed E-state index contributed by atoms with van der Waals surface area (Å²) in [5, 5.41) is 17.3. The number of nitrogens with zero attached hydrogens (tertiary/aromatic N) is 5. The van der Waals surface area contributed by atoms with Crippen LogP contribution in [0.2, 0.25) is 0 Å². The summed E-state index contributed by atoms with van der Waals surface area (Å²) in [6, 6.07) is 5.61. The molecular formula is C14H20N6O. The Morgan fingerprint density at radius 3 is 2.71 bits per heavy atom. The van der Waals surface area contributed by atoms with Crippen molar-refractivity contribution >= 4 is 5.95 Å². The van der Waals surface area contributed by atoms with Gasteiger partial charge >= 0.3 is 0 Å². The lowest BCUT2D eigenvalue weighted by Gasteiger charge is -2.34. The first-order valence-corrected chi connectivity index (χ1v) is 7.17. The van der Waals surface area contributed by atoms with Gasteiger partial charge in [-0.25, -0.2) is 0 Å². The number of nitrogens with one attached hydrogen (secondary N) is 1. The Morgan fingerprint density at radius 1 is 1.29 bits per heavy atom. The summed E-state index contributed by atoms with van der Waals surface area (Å²) < 4.78 is 0. The molecule has 2 aromatic heterocycles. The molecule has 112 valence electrons. The van der Waals surface area contributed by atoms with Crippen molar-refractivity contribution in [3.8, 4) is 0 Å². The molecule has 0 radical (unpaired) electrons. The highest BCUT2D eigenvalue weighted by Crippen LogP contribution is 2.15. The lowest BCUT2D eigenvalue weighted by Crippen LogP contribution is -2.48. The van der Waals surface area contributed by atoms with E-state index in [4.69, 9.17) is 0 Å². The lowest BCUT2D eigenvalue weighted by molar-refractivity contribution is 0.106. The molecule has 1 saturated heterocycles. The van der Waals surface area contributed by atoms with Crippen molar-refractivity contribution in [1.29, 1.82) is 0 Å². The van der Waals surface area contributed by atoms with Gasteiger partial charge in [0.1, 0.15) is 11.9 Å². The highest BCUT2D eigenvalue weighted by molar-refractivity contribution is 5.29. The number of aliphatic hydroxyl groups is 1. The molecule has 2 aromatic rings. The summed E-state index contributed by atoms with van der Waals surface area (Å²) in [6.45, 7) is 6.02. The van der Waals surface area contributed by atoms with Crippen LogP contribution in [0.5, 0.6) is 0 Å². The zero-order valence-electron chi connectivity index (χ0n) is 12.1. The van der Waals surface area contributed by atoms with E-state index in [1.165, 1.54) is 0 Å². The topological polar surface area (TPSA) is 81.2 Å². The molecule has 3 rings (SSSR count). The van der Waals surface area contributed by atoms with Crippen LogP contribution in [-0.4, -0.2) is 62.9 Å². The van der Waals surface area contributed by atoms with Crippen LogP contribution in [-0.2, 0) is 0 Å². The number of hydrogen-bond donors (Lipinski definition) is 2. The minimum Gasteiger partial charge on any atom is -0.385 e. The largest absolute Gasteiger partial charge is 0.385 e. The van der Waals surface area contributed by atoms with Crippen molar-refractivity contribution in [2.24, 2.45) is 0 Å². The number of piperazine rings is 1. The number of aromatic amines is 1. The molecule has 1 aliphatic rings. The van der Waals surface area contributed by atoms with E-state index in [2.05, 4.69) is 30.0 Å². The van der Waals surface area contributed by atoms with E-state index in [9.17, 15) is 5.11 Å². The summed E-state index contributed by atoms with van der Waals surface area (Å²) in [4.78, 5) is 13.0. The summed E-state index contributed by atoms with van der Waals surface area (Å²) in [5.74, 6) is 1.59. The van der Waals surface area contributed by atoms with Gasteiger partial charge in [0.2, 0.25) is 5.95 Å². The summed E-state index contributed by atoms with van der Waals surface area (Å²) in [6.07, 6.45) is 1.17. The van der Waals surface area contributed by atoms with Gasteiger partial charge in [-0.05, 0) is 19.1 Å². The number of aromatic nitrogens is 4. The second-order valence-corrected chi connectivity index (χ2v) is 5.28. The monoisotopic (exact) mass is 288 g/mol. The second-order valence-electron chi connectivity index (χ2n) is 5.28. The predicted molar refractivity (Wildman–Crippen MR) is 79.0 cm³/mol. The van der Waals surface area contributed by atoms with E-state index < -0.39 is 6.10 Å². The van der Waals surface area contributed by atoms with Crippen molar-refractivity contribution < 1.29 is 5.11 Å². The van der Waals surface area contributed by atoms with Gasteiger partial charge in [0, 0.05) is 38.9 Å². The number of H-pyrrole nitrogens is 1. The summed E-state index contributed by atoms with van der Waals surface area (Å²) in [5.41, 5.74) is 0.726. The highest BCUT2D eigenvalue weighted by atomic mass is 16.3. The van der Waals surface area contributed by atoms with Gasteiger partial charge < -0.3 is 10.0 Å². The Hall–Kier alpha value is -1.99. The number of β-amino-alcohol motifs (C(OH)–C–C–N with tert-alkyl or cyclic N) is 1. The zero-order chi connectivity index (χ0) is 14.7. The van der Waals surface area contributed by atoms with E-state index in [-0.39, 0.29) is 0 Å². The fourth-order valence-corrected chi connectivity index (χ4v) is 2.51. The first kappa shape index (κ1) is 14.0. The molecule has 7 nitrogen and oxygen atoms in total. The molecule has 1 unspecified atom stereocenters. The average Bonchev–Trinajstić information content (AvgIpc) is 2.95. The van der Waals surface area contributed by atoms with Crippen LogP contribution < -0.4 is 4.90 Å². The molecule has 0 bridgehead atoms. The maximum Gasteiger partial charge on any atom is 0.244 e. The maximum absolute atomic E-state index is 10.2. The van der Waals surface area contributed by atoms with Crippen molar-refractivity contribution in [3.63, 3.8) is 0 Å². The minimum atomic E-state index is -0.538. The molecule has 0 aromatic carbocycles. The molecule has 7 heteroatoms. The number of pyridine rings is 1. The van der Waals surface area contributed by atoms with Crippen LogP contribution in [0, 0.1) is 6.92 Å². The second kappa shape index (κ2) is 6.19. The van der Waals surface area contributed by atoms with E-state index >= 15 is 0 Å². The summed E-state index contributed by atoms with van der Waals surface area (Å²) in [7, 11) is 0. The van der Waals surface area contributed by atoms with Gasteiger partial charge in [-0.1, -0.05) is 6.07 Å². The Bertz CT molecular complexity index is 564. The first-order valence-electron chi connectivity index (χ1n) is 7.17. The molecule has 2 N–H and O–H groups in total. The van der Waals surface area contributed by atoms with Crippen molar-refractivity contribution in [3.05, 3.63) is 35.9 Å². The van der Waals surface area contributed by atoms with Crippen LogP contribution in [0.4, 0.5) is 5.95 Å². The van der Waals surface area contributed by atoms with Crippen LogP contribution in [0.15, 0.2) is 24.4 Å². The van der Waals surface area contributed by atoms with Gasteiger partial charge in [0.05, 0.1) is 5.69 Å². The third-order valence-corrected chi connectivity index (χ3v) is 3.70. The molecule has 3 heterocycles. The Balaban J connectivity index is 1.52. The quantitative estimate of drug-likeness (QED) is 0.845. The smallest absolute Gasteiger partial charge is 0.244 e. The predicted octanol–water partition coefficient (Wildman–Crippen LogP) is 0.364. The van der Waals surface area contributed by atoms with Gasteiger partial charge in [-0.2, -0.15) is 4.98 Å². The van der Waals surface area contributed by atoms with E-state index in [0.29, 0.717) is 6.54 Å². The Kier molecular flexibility index (Phi) is 4.12. The van der Waals surface area contributed by atoms with Gasteiger partial charge in [0.15, 0.2) is 0 Å². The molecule has 1 atom stereocenters. The van der Waals surface area contributed by atoms with Gasteiger partial charge in [-0.15, -0.1) is 5.10 Å². The zero-order valence-corrected chi connectivity index (χ0v) is 12.1. The molecule has 1 aliphatic heterocycles. The number of hydrogen-bond acceptors (Lipinski definition) is 6. The number of aliphatic hydroxyl groups excluding tert-OH is 1. The molecule has 0 amide bonds. The van der Waals surface area contributed by atoms with Gasteiger partial charge in [-0.3, -0.25) is 15.0 Å². The minimum absolute atomic E-state index is 0.538. The van der Waals surface area contributed by atoms with Crippen LogP contribution in [0.3, 0.4) is 0 Å². The molecule has 0 aliphatic carbocycles. The first-order chi connectivity index (χ1) is 10.2. The molecule has 1 fully saturated rings. The van der Waals surface area contributed by atoms with E-state index in [1.54, 1.807) is 6.20 Å². The third kappa shape index (κ3) is 3.37. The number of rotatable bonds is 4. The molecular weight excluding hydrogens is 268 g/mol. The Labute approximate surface area is 123 Å². The lowest BCUT2D eigenvalue weighted by atomic mass is 10.2. The fraction of sp³-hybridized carbons (Fsp3) is 0.500. The molecule has 0 saturated carbocycles. The summed E-state index contributed by atoms with van der Waals surface area (Å²) >= 11 is 0. The standard InChI is InChI=1S/C14H20N6O/c1-11-16-14(18-17-11)20-8-6-19(7-9-20)10-13(21)12-4-2-3-5-15-12/h2-5,13,21H,6-10H2,1H3,(H,16,17,18). The van der Waals surface area contributed by atoms with Gasteiger partial charge in [0.25, 0.3) is 0 Å². The van der Waals surface area contributed by atoms with Crippen LogP contribution in [0.1, 0.15) is 17.6 Å². The van der Waals surface area contributed by atoms with Crippen molar-refractivity contribution in [1.82, 2.24) is 25.1 Å². The average molecular weight is 288 g/mol. The SMILES string of the molecule is Cc1nc(N2CCN(CC(O)c3ccccn3)CC2)n[nH]1. The normalized spacial score (nSPS) is 17.9. The third-order valence-electron chi connectivity index (χ3n) is 3.70. The fourth-order valence-electron chi connectivity index (χ4n) is 2.51. The van der Waals surface area contributed by atoms with Crippen molar-refractivity contribution in [2.45, 2.75) is 13.0 Å². The highest BCUT2D eigenvalue weighted by Gasteiger charge is 2.22. The van der Waals surface area contributed by atoms with E-state index in [0.717, 1.165) is 43.6 Å². The van der Waals surface area contributed by atoms with E-state index in [1.807, 2.05) is 25.1 Å².